The van der Waals surface area contributed by atoms with Gasteiger partial charge in [-0.3, -0.25) is 4.79 Å². The van der Waals surface area contributed by atoms with E-state index >= 15 is 0 Å². The zero-order valence-electron chi connectivity index (χ0n) is 14.0. The molecule has 0 aromatic heterocycles. The van der Waals surface area contributed by atoms with Crippen LogP contribution in [-0.2, 0) is 11.3 Å². The minimum Gasteiger partial charge on any atom is -0.365 e. The molecule has 3 rings (SSSR count). The number of likely N-dealkylation sites (N-methyl/N-ethyl adjacent to an activating group) is 1. The summed E-state index contributed by atoms with van der Waals surface area (Å²) in [6.07, 6.45) is -0.478. The van der Waals surface area contributed by atoms with E-state index in [1.54, 1.807) is 23.1 Å². The SMILES string of the molecule is CCN(Cc1ccccc1)C(=O)C1NNNC1Nc1ccccc1F. The summed E-state index contributed by atoms with van der Waals surface area (Å²) in [7, 11) is 0. The van der Waals surface area contributed by atoms with E-state index in [1.165, 1.54) is 6.07 Å². The van der Waals surface area contributed by atoms with Crippen molar-refractivity contribution < 1.29 is 9.18 Å². The lowest BCUT2D eigenvalue weighted by Gasteiger charge is -2.27. The summed E-state index contributed by atoms with van der Waals surface area (Å²) in [6.45, 7) is 3.05. The molecule has 0 radical (unpaired) electrons. The fraction of sp³-hybridized carbons (Fsp3) is 0.278. The van der Waals surface area contributed by atoms with E-state index in [0.717, 1.165) is 5.56 Å². The Kier molecular flexibility index (Phi) is 5.60. The summed E-state index contributed by atoms with van der Waals surface area (Å²) < 4.78 is 13.9. The number of halogens is 1. The monoisotopic (exact) mass is 343 g/mol. The third-order valence-corrected chi connectivity index (χ3v) is 4.15. The summed E-state index contributed by atoms with van der Waals surface area (Å²) in [4.78, 5) is 14.7. The zero-order valence-corrected chi connectivity index (χ0v) is 14.0. The minimum atomic E-state index is -0.566. The van der Waals surface area contributed by atoms with E-state index in [1.807, 2.05) is 37.3 Å². The Morgan fingerprint density at radius 3 is 2.56 bits per heavy atom. The molecule has 0 aliphatic carbocycles. The first kappa shape index (κ1) is 17.3. The largest absolute Gasteiger partial charge is 0.365 e. The molecule has 0 saturated carbocycles. The van der Waals surface area contributed by atoms with Gasteiger partial charge in [0.2, 0.25) is 5.91 Å². The van der Waals surface area contributed by atoms with Crippen molar-refractivity contribution in [3.63, 3.8) is 0 Å². The molecular formula is C18H22FN5O. The van der Waals surface area contributed by atoms with Crippen LogP contribution >= 0.6 is 0 Å². The standard InChI is InChI=1S/C18H22FN5O/c1-2-24(12-13-8-4-3-5-9-13)18(25)16-17(22-23-21-16)20-15-11-7-6-10-14(15)19/h3-11,16-17,20-23H,2,12H2,1H3. The molecule has 2 aromatic carbocycles. The van der Waals surface area contributed by atoms with Crippen molar-refractivity contribution in [3.05, 3.63) is 66.0 Å². The second kappa shape index (κ2) is 8.06. The lowest BCUT2D eigenvalue weighted by molar-refractivity contribution is -0.133. The van der Waals surface area contributed by atoms with Crippen molar-refractivity contribution in [1.29, 1.82) is 0 Å². The Bertz CT molecular complexity index is 712. The van der Waals surface area contributed by atoms with Gasteiger partial charge in [0.25, 0.3) is 0 Å². The highest BCUT2D eigenvalue weighted by atomic mass is 19.1. The maximum absolute atomic E-state index is 13.9. The average Bonchev–Trinajstić information content (AvgIpc) is 3.10. The fourth-order valence-electron chi connectivity index (χ4n) is 2.78. The Balaban J connectivity index is 1.70. The van der Waals surface area contributed by atoms with E-state index in [2.05, 4.69) is 21.7 Å². The van der Waals surface area contributed by atoms with Crippen LogP contribution in [0.25, 0.3) is 0 Å². The molecule has 2 aromatic rings. The molecular weight excluding hydrogens is 321 g/mol. The number of amides is 1. The quantitative estimate of drug-likeness (QED) is 0.641. The van der Waals surface area contributed by atoms with Crippen LogP contribution < -0.4 is 21.7 Å². The molecule has 0 bridgehead atoms. The number of hydrogen-bond acceptors (Lipinski definition) is 5. The molecule has 2 atom stereocenters. The molecule has 4 N–H and O–H groups in total. The van der Waals surface area contributed by atoms with Crippen LogP contribution in [0.3, 0.4) is 0 Å². The molecule has 1 heterocycles. The topological polar surface area (TPSA) is 68.4 Å². The predicted molar refractivity (Wildman–Crippen MR) is 94.5 cm³/mol. The highest BCUT2D eigenvalue weighted by Gasteiger charge is 2.35. The smallest absolute Gasteiger partial charge is 0.244 e. The van der Waals surface area contributed by atoms with Gasteiger partial charge < -0.3 is 10.2 Å². The number of nitrogens with one attached hydrogen (secondary N) is 4. The maximum Gasteiger partial charge on any atom is 0.244 e. The van der Waals surface area contributed by atoms with Crippen LogP contribution in [0.15, 0.2) is 54.6 Å². The molecule has 1 aliphatic heterocycles. The van der Waals surface area contributed by atoms with E-state index in [0.29, 0.717) is 18.8 Å². The number of nitrogens with zero attached hydrogens (tertiary/aromatic N) is 1. The Morgan fingerprint density at radius 2 is 1.84 bits per heavy atom. The molecule has 2 unspecified atom stereocenters. The number of hydrogen-bond donors (Lipinski definition) is 4. The Hall–Kier alpha value is -2.48. The highest BCUT2D eigenvalue weighted by Crippen LogP contribution is 2.16. The van der Waals surface area contributed by atoms with Crippen molar-refractivity contribution >= 4 is 11.6 Å². The fourth-order valence-corrected chi connectivity index (χ4v) is 2.78. The zero-order chi connectivity index (χ0) is 17.6. The van der Waals surface area contributed by atoms with Crippen LogP contribution in [0, 0.1) is 5.82 Å². The van der Waals surface area contributed by atoms with Crippen molar-refractivity contribution in [2.75, 3.05) is 11.9 Å². The molecule has 1 fully saturated rings. The molecule has 25 heavy (non-hydrogen) atoms. The van der Waals surface area contributed by atoms with Gasteiger partial charge in [0, 0.05) is 13.1 Å². The first-order valence-corrected chi connectivity index (χ1v) is 8.29. The normalized spacial score (nSPS) is 19.6. The summed E-state index contributed by atoms with van der Waals surface area (Å²) in [5, 5.41) is 3.02. The molecule has 7 heteroatoms. The van der Waals surface area contributed by atoms with E-state index < -0.39 is 12.2 Å². The van der Waals surface area contributed by atoms with Crippen LogP contribution in [0.2, 0.25) is 0 Å². The van der Waals surface area contributed by atoms with Gasteiger partial charge in [-0.25, -0.2) is 15.2 Å². The summed E-state index contributed by atoms with van der Waals surface area (Å²) in [6, 6.07) is 15.6. The summed E-state index contributed by atoms with van der Waals surface area (Å²) >= 11 is 0. The third-order valence-electron chi connectivity index (χ3n) is 4.15. The first-order valence-electron chi connectivity index (χ1n) is 8.29. The van der Waals surface area contributed by atoms with Crippen LogP contribution in [-0.4, -0.2) is 29.6 Å². The average molecular weight is 343 g/mol. The Morgan fingerprint density at radius 1 is 1.12 bits per heavy atom. The molecule has 1 saturated heterocycles. The van der Waals surface area contributed by atoms with Gasteiger partial charge in [-0.15, -0.1) is 0 Å². The van der Waals surface area contributed by atoms with Gasteiger partial charge in [0.1, 0.15) is 18.0 Å². The minimum absolute atomic E-state index is 0.0716. The number of benzene rings is 2. The van der Waals surface area contributed by atoms with Crippen molar-refractivity contribution in [2.45, 2.75) is 25.7 Å². The van der Waals surface area contributed by atoms with Gasteiger partial charge >= 0.3 is 0 Å². The van der Waals surface area contributed by atoms with Gasteiger partial charge in [-0.2, -0.15) is 5.53 Å². The summed E-state index contributed by atoms with van der Waals surface area (Å²) in [5.74, 6) is -0.434. The number of carbonyl (C=O) groups excluding carboxylic acids is 1. The maximum atomic E-state index is 13.9. The van der Waals surface area contributed by atoms with Gasteiger partial charge in [-0.1, -0.05) is 42.5 Å². The second-order valence-electron chi connectivity index (χ2n) is 5.83. The predicted octanol–water partition coefficient (Wildman–Crippen LogP) is 1.59. The first-order chi connectivity index (χ1) is 12.2. The highest BCUT2D eigenvalue weighted by molar-refractivity contribution is 5.83. The number of hydrazine groups is 2. The van der Waals surface area contributed by atoms with Crippen LogP contribution in [0.1, 0.15) is 12.5 Å². The number of anilines is 1. The summed E-state index contributed by atoms with van der Waals surface area (Å²) in [5.41, 5.74) is 9.99. The molecule has 1 aliphatic rings. The second-order valence-corrected chi connectivity index (χ2v) is 5.83. The lowest BCUT2D eigenvalue weighted by atomic mass is 10.1. The molecule has 6 nitrogen and oxygen atoms in total. The molecule has 1 amide bonds. The number of para-hydroxylation sites is 1. The lowest BCUT2D eigenvalue weighted by Crippen LogP contribution is -2.51. The van der Waals surface area contributed by atoms with E-state index in [-0.39, 0.29) is 11.7 Å². The molecule has 132 valence electrons. The van der Waals surface area contributed by atoms with E-state index in [4.69, 9.17) is 0 Å². The van der Waals surface area contributed by atoms with Crippen LogP contribution in [0.4, 0.5) is 10.1 Å². The molecule has 0 spiro atoms. The van der Waals surface area contributed by atoms with E-state index in [9.17, 15) is 9.18 Å². The van der Waals surface area contributed by atoms with Crippen molar-refractivity contribution in [2.24, 2.45) is 0 Å². The van der Waals surface area contributed by atoms with Crippen LogP contribution in [0.5, 0.6) is 0 Å². The van der Waals surface area contributed by atoms with Gasteiger partial charge in [-0.05, 0) is 24.6 Å². The number of carbonyl (C=O) groups is 1. The third kappa shape index (κ3) is 4.14. The van der Waals surface area contributed by atoms with Crippen molar-refractivity contribution in [1.82, 2.24) is 21.3 Å². The van der Waals surface area contributed by atoms with Gasteiger partial charge in [0.15, 0.2) is 0 Å². The van der Waals surface area contributed by atoms with Gasteiger partial charge in [0.05, 0.1) is 5.69 Å². The number of rotatable bonds is 6. The van der Waals surface area contributed by atoms with Crippen molar-refractivity contribution in [3.8, 4) is 0 Å². The Labute approximate surface area is 146 Å².